The third-order valence-corrected chi connectivity index (χ3v) is 1.33. The first-order valence-corrected chi connectivity index (χ1v) is 3.62. The average Bonchev–Trinajstić information content (AvgIpc) is 2.36. The molecule has 1 rings (SSSR count). The van der Waals surface area contributed by atoms with Crippen molar-refractivity contribution in [1.29, 1.82) is 0 Å². The van der Waals surface area contributed by atoms with Gasteiger partial charge >= 0.3 is 0 Å². The molecule has 1 aromatic rings. The highest BCUT2D eigenvalue weighted by molar-refractivity contribution is 4.80. The lowest BCUT2D eigenvalue weighted by atomic mass is 10.2. The molecule has 68 valence electrons. The Balaban J connectivity index is 2.41. The fourth-order valence-corrected chi connectivity index (χ4v) is 0.867. The monoisotopic (exact) mass is 172 g/mol. The second-order valence-electron chi connectivity index (χ2n) is 2.51. The van der Waals surface area contributed by atoms with Gasteiger partial charge in [-0.25, -0.2) is 0 Å². The zero-order valence-electron chi connectivity index (χ0n) is 7.14. The van der Waals surface area contributed by atoms with Crippen molar-refractivity contribution in [2.45, 2.75) is 12.5 Å². The molecule has 0 radical (unpaired) electrons. The van der Waals surface area contributed by atoms with E-state index in [9.17, 15) is 5.11 Å². The molecule has 0 spiro atoms. The molecule has 0 saturated heterocycles. The van der Waals surface area contributed by atoms with E-state index in [1.54, 1.807) is 7.05 Å². The van der Waals surface area contributed by atoms with E-state index in [1.807, 2.05) is 0 Å². The Morgan fingerprint density at radius 3 is 2.92 bits per heavy atom. The number of aliphatic hydroxyl groups excluding tert-OH is 1. The minimum atomic E-state index is -0.556. The molecule has 1 N–H and O–H groups in total. The highest BCUT2D eigenvalue weighted by Gasteiger charge is 2.08. The van der Waals surface area contributed by atoms with Crippen LogP contribution in [0.1, 0.15) is 5.82 Å². The third kappa shape index (κ3) is 2.55. The van der Waals surface area contributed by atoms with E-state index < -0.39 is 6.10 Å². The number of hydrogen-bond acceptors (Lipinski definition) is 5. The van der Waals surface area contributed by atoms with Gasteiger partial charge in [-0.2, -0.15) is 4.80 Å². The van der Waals surface area contributed by atoms with Gasteiger partial charge in [-0.3, -0.25) is 0 Å². The maximum Gasteiger partial charge on any atom is 0.177 e. The van der Waals surface area contributed by atoms with Crippen molar-refractivity contribution in [3.63, 3.8) is 0 Å². The van der Waals surface area contributed by atoms with Crippen LogP contribution >= 0.6 is 0 Å². The molecule has 0 aliphatic heterocycles. The van der Waals surface area contributed by atoms with Crippen molar-refractivity contribution in [2.24, 2.45) is 7.05 Å². The summed E-state index contributed by atoms with van der Waals surface area (Å²) >= 11 is 0. The fraction of sp³-hybridized carbons (Fsp3) is 0.833. The first-order chi connectivity index (χ1) is 5.72. The standard InChI is InChI=1S/C6H12N4O2/c1-10-8-6(7-9-10)3-5(11)4-12-2/h5,11H,3-4H2,1-2H3. The lowest BCUT2D eigenvalue weighted by Gasteiger charge is -2.04. The first kappa shape index (κ1) is 9.08. The van der Waals surface area contributed by atoms with E-state index in [0.29, 0.717) is 12.2 Å². The summed E-state index contributed by atoms with van der Waals surface area (Å²) in [5, 5.41) is 20.5. The minimum Gasteiger partial charge on any atom is -0.390 e. The zero-order valence-corrected chi connectivity index (χ0v) is 7.14. The predicted molar refractivity (Wildman–Crippen MR) is 40.4 cm³/mol. The zero-order chi connectivity index (χ0) is 8.97. The number of aromatic nitrogens is 4. The first-order valence-electron chi connectivity index (χ1n) is 3.62. The summed E-state index contributed by atoms with van der Waals surface area (Å²) in [6.45, 7) is 0.290. The highest BCUT2D eigenvalue weighted by atomic mass is 16.5. The normalized spacial score (nSPS) is 13.2. The maximum atomic E-state index is 9.27. The van der Waals surface area contributed by atoms with Crippen LogP contribution in [-0.2, 0) is 18.2 Å². The number of ether oxygens (including phenoxy) is 1. The number of aryl methyl sites for hydroxylation is 1. The topological polar surface area (TPSA) is 73.1 Å². The molecular formula is C6H12N4O2. The van der Waals surface area contributed by atoms with E-state index in [0.717, 1.165) is 0 Å². The molecule has 0 fully saturated rings. The van der Waals surface area contributed by atoms with E-state index in [-0.39, 0.29) is 6.61 Å². The van der Waals surface area contributed by atoms with E-state index >= 15 is 0 Å². The Morgan fingerprint density at radius 1 is 1.67 bits per heavy atom. The predicted octanol–water partition coefficient (Wildman–Crippen LogP) is -1.24. The van der Waals surface area contributed by atoms with Gasteiger partial charge in [-0.1, -0.05) is 0 Å². The third-order valence-electron chi connectivity index (χ3n) is 1.33. The van der Waals surface area contributed by atoms with Crippen LogP contribution < -0.4 is 0 Å². The molecule has 0 amide bonds. The van der Waals surface area contributed by atoms with E-state index in [1.165, 1.54) is 11.9 Å². The van der Waals surface area contributed by atoms with Gasteiger partial charge in [0.2, 0.25) is 0 Å². The van der Waals surface area contributed by atoms with Crippen molar-refractivity contribution >= 4 is 0 Å². The molecule has 6 heteroatoms. The number of nitrogens with zero attached hydrogens (tertiary/aromatic N) is 4. The summed E-state index contributed by atoms with van der Waals surface area (Å²) in [5.41, 5.74) is 0. The Bertz CT molecular complexity index is 237. The van der Waals surface area contributed by atoms with Gasteiger partial charge in [0.15, 0.2) is 5.82 Å². The van der Waals surface area contributed by atoms with Crippen LogP contribution in [0.15, 0.2) is 0 Å². The molecule has 0 aliphatic carbocycles. The average molecular weight is 172 g/mol. The van der Waals surface area contributed by atoms with E-state index in [2.05, 4.69) is 15.4 Å². The Morgan fingerprint density at radius 2 is 2.42 bits per heavy atom. The lowest BCUT2D eigenvalue weighted by Crippen LogP contribution is -2.17. The van der Waals surface area contributed by atoms with Crippen molar-refractivity contribution in [3.05, 3.63) is 5.82 Å². The number of aliphatic hydroxyl groups is 1. The molecule has 6 nitrogen and oxygen atoms in total. The van der Waals surface area contributed by atoms with Gasteiger partial charge in [0, 0.05) is 13.5 Å². The highest BCUT2D eigenvalue weighted by Crippen LogP contribution is 1.94. The van der Waals surface area contributed by atoms with Gasteiger partial charge in [0.1, 0.15) is 0 Å². The molecule has 12 heavy (non-hydrogen) atoms. The second kappa shape index (κ2) is 4.13. The van der Waals surface area contributed by atoms with Gasteiger partial charge in [-0.15, -0.1) is 10.2 Å². The number of tetrazole rings is 1. The van der Waals surface area contributed by atoms with Gasteiger partial charge in [-0.05, 0) is 5.21 Å². The van der Waals surface area contributed by atoms with Crippen LogP contribution in [0.2, 0.25) is 0 Å². The minimum absolute atomic E-state index is 0.290. The Labute approximate surface area is 70.1 Å². The molecule has 1 heterocycles. The summed E-state index contributed by atoms with van der Waals surface area (Å²) in [6.07, 6.45) is -0.180. The van der Waals surface area contributed by atoms with Crippen molar-refractivity contribution in [1.82, 2.24) is 20.2 Å². The molecular weight excluding hydrogens is 160 g/mol. The van der Waals surface area contributed by atoms with Crippen molar-refractivity contribution in [3.8, 4) is 0 Å². The smallest absolute Gasteiger partial charge is 0.177 e. The molecule has 0 aromatic carbocycles. The summed E-state index contributed by atoms with van der Waals surface area (Å²) in [4.78, 5) is 1.36. The van der Waals surface area contributed by atoms with Crippen molar-refractivity contribution in [2.75, 3.05) is 13.7 Å². The number of rotatable bonds is 4. The molecule has 1 unspecified atom stereocenters. The summed E-state index contributed by atoms with van der Waals surface area (Å²) < 4.78 is 4.75. The van der Waals surface area contributed by atoms with Crippen LogP contribution in [-0.4, -0.2) is 45.1 Å². The SMILES string of the molecule is COCC(O)Cc1nnn(C)n1. The Hall–Kier alpha value is -1.01. The van der Waals surface area contributed by atoms with Crippen molar-refractivity contribution < 1.29 is 9.84 Å². The van der Waals surface area contributed by atoms with Gasteiger partial charge in [0.25, 0.3) is 0 Å². The summed E-state index contributed by atoms with van der Waals surface area (Å²) in [7, 11) is 3.21. The number of methoxy groups -OCH3 is 1. The molecule has 0 saturated carbocycles. The quantitative estimate of drug-likeness (QED) is 0.615. The fourth-order valence-electron chi connectivity index (χ4n) is 0.867. The maximum absolute atomic E-state index is 9.27. The second-order valence-corrected chi connectivity index (χ2v) is 2.51. The van der Waals surface area contributed by atoms with Gasteiger partial charge < -0.3 is 9.84 Å². The van der Waals surface area contributed by atoms with Crippen LogP contribution in [0.4, 0.5) is 0 Å². The van der Waals surface area contributed by atoms with E-state index in [4.69, 9.17) is 4.74 Å². The summed E-state index contributed by atoms with van der Waals surface area (Å²) in [5.74, 6) is 0.530. The number of hydrogen-bond donors (Lipinski definition) is 1. The Kier molecular flexibility index (Phi) is 3.12. The molecule has 0 aliphatic rings. The molecule has 0 bridgehead atoms. The van der Waals surface area contributed by atoms with Crippen LogP contribution in [0.3, 0.4) is 0 Å². The van der Waals surface area contributed by atoms with Crippen LogP contribution in [0.5, 0.6) is 0 Å². The van der Waals surface area contributed by atoms with Crippen LogP contribution in [0.25, 0.3) is 0 Å². The summed E-state index contributed by atoms with van der Waals surface area (Å²) in [6, 6.07) is 0. The lowest BCUT2D eigenvalue weighted by molar-refractivity contribution is 0.0637. The molecule has 1 aromatic heterocycles. The molecule has 1 atom stereocenters. The van der Waals surface area contributed by atoms with Crippen LogP contribution in [0, 0.1) is 0 Å². The van der Waals surface area contributed by atoms with Gasteiger partial charge in [0.05, 0.1) is 19.8 Å². The largest absolute Gasteiger partial charge is 0.390 e.